The molecular formula is C6H9O. The second-order valence-corrected chi connectivity index (χ2v) is 1.56. The van der Waals surface area contributed by atoms with E-state index in [2.05, 4.69) is 5.92 Å². The molecule has 1 radical (unpaired) electrons. The highest BCUT2D eigenvalue weighted by Gasteiger charge is 1.87. The van der Waals surface area contributed by atoms with Crippen molar-refractivity contribution in [2.24, 2.45) is 5.92 Å². The lowest BCUT2D eigenvalue weighted by Crippen LogP contribution is -1.83. The monoisotopic (exact) mass is 97.1 g/mol. The Bertz CT molecular complexity index is 86.1. The standard InChI is InChI=1S/C6H9O/c1-3-6(2)4-5-7/h6H,3H2,1-2H3/t6-/m0/s1. The van der Waals surface area contributed by atoms with E-state index < -0.39 is 0 Å². The molecule has 0 unspecified atom stereocenters. The van der Waals surface area contributed by atoms with Crippen LogP contribution in [0, 0.1) is 17.9 Å². The lowest BCUT2D eigenvalue weighted by Gasteiger charge is -1.90. The van der Waals surface area contributed by atoms with E-state index in [1.165, 1.54) is 0 Å². The van der Waals surface area contributed by atoms with Crippen LogP contribution in [0.25, 0.3) is 0 Å². The Morgan fingerprint density at radius 3 is 2.43 bits per heavy atom. The van der Waals surface area contributed by atoms with E-state index in [0.29, 0.717) is 0 Å². The number of hydrogen-bond donors (Lipinski definition) is 0. The Hall–Kier alpha value is -0.640. The van der Waals surface area contributed by atoms with Gasteiger partial charge in [-0.25, -0.2) is 5.11 Å². The lowest BCUT2D eigenvalue weighted by atomic mass is 10.1. The quantitative estimate of drug-likeness (QED) is 0.441. The summed E-state index contributed by atoms with van der Waals surface area (Å²) in [5.74, 6) is 2.77. The molecule has 0 saturated heterocycles. The molecule has 0 amide bonds. The molecule has 39 valence electrons. The number of hydrogen-bond acceptors (Lipinski definition) is 0. The van der Waals surface area contributed by atoms with Gasteiger partial charge in [0.1, 0.15) is 0 Å². The highest BCUT2D eigenvalue weighted by molar-refractivity contribution is 4.93. The molecule has 0 aliphatic rings. The fourth-order valence-corrected chi connectivity index (χ4v) is 0.203. The van der Waals surface area contributed by atoms with Crippen molar-refractivity contribution in [1.29, 1.82) is 0 Å². The predicted molar refractivity (Wildman–Crippen MR) is 27.9 cm³/mol. The van der Waals surface area contributed by atoms with Gasteiger partial charge >= 0.3 is 0 Å². The molecule has 0 aliphatic heterocycles. The van der Waals surface area contributed by atoms with E-state index in [9.17, 15) is 5.11 Å². The zero-order valence-corrected chi connectivity index (χ0v) is 4.69. The van der Waals surface area contributed by atoms with Gasteiger partial charge in [-0.05, 0) is 6.42 Å². The molecule has 0 bridgehead atoms. The lowest BCUT2D eigenvalue weighted by molar-refractivity contribution is 0.389. The van der Waals surface area contributed by atoms with Crippen molar-refractivity contribution < 1.29 is 5.11 Å². The Morgan fingerprint density at radius 1 is 1.71 bits per heavy atom. The summed E-state index contributed by atoms with van der Waals surface area (Å²) in [5, 5.41) is 9.54. The van der Waals surface area contributed by atoms with Crippen molar-refractivity contribution in [2.75, 3.05) is 0 Å². The molecule has 0 N–H and O–H groups in total. The molecule has 0 aliphatic carbocycles. The molecule has 0 saturated carbocycles. The highest BCUT2D eigenvalue weighted by atomic mass is 16.2. The van der Waals surface area contributed by atoms with Crippen molar-refractivity contribution in [3.63, 3.8) is 0 Å². The van der Waals surface area contributed by atoms with Crippen molar-refractivity contribution in [1.82, 2.24) is 0 Å². The van der Waals surface area contributed by atoms with Crippen LogP contribution in [0.5, 0.6) is 0 Å². The second-order valence-electron chi connectivity index (χ2n) is 1.56. The first-order chi connectivity index (χ1) is 3.31. The van der Waals surface area contributed by atoms with Gasteiger partial charge in [0.25, 0.3) is 0 Å². The molecule has 1 heteroatoms. The predicted octanol–water partition coefficient (Wildman–Crippen LogP) is 1.42. The minimum Gasteiger partial charge on any atom is -0.224 e. The summed E-state index contributed by atoms with van der Waals surface area (Å²) in [6.45, 7) is 3.94. The van der Waals surface area contributed by atoms with Crippen molar-refractivity contribution in [3.8, 4) is 12.0 Å². The zero-order chi connectivity index (χ0) is 5.70. The molecule has 7 heavy (non-hydrogen) atoms. The maximum absolute atomic E-state index is 9.54. The first-order valence-corrected chi connectivity index (χ1v) is 2.44. The van der Waals surface area contributed by atoms with Crippen LogP contribution in [-0.2, 0) is 5.11 Å². The van der Waals surface area contributed by atoms with Gasteiger partial charge in [-0.2, -0.15) is 0 Å². The topological polar surface area (TPSA) is 19.9 Å². The highest BCUT2D eigenvalue weighted by Crippen LogP contribution is 1.95. The summed E-state index contributed by atoms with van der Waals surface area (Å²) in [6, 6.07) is 0. The third kappa shape index (κ3) is 3.18. The van der Waals surface area contributed by atoms with Crippen LogP contribution in [0.2, 0.25) is 0 Å². The van der Waals surface area contributed by atoms with Crippen LogP contribution in [0.4, 0.5) is 0 Å². The van der Waals surface area contributed by atoms with Crippen LogP contribution >= 0.6 is 0 Å². The van der Waals surface area contributed by atoms with E-state index in [-0.39, 0.29) is 5.92 Å². The SMILES string of the molecule is CC[C@H](C)C#C[O]. The summed E-state index contributed by atoms with van der Waals surface area (Å²) < 4.78 is 0. The molecule has 0 heterocycles. The minimum absolute atomic E-state index is 0.275. The molecular weight excluding hydrogens is 88.1 g/mol. The molecule has 0 spiro atoms. The normalized spacial score (nSPS) is 11.7. The van der Waals surface area contributed by atoms with Gasteiger partial charge in [0.05, 0.1) is 0 Å². The molecule has 1 atom stereocenters. The van der Waals surface area contributed by atoms with Gasteiger partial charge in [0.2, 0.25) is 0 Å². The zero-order valence-electron chi connectivity index (χ0n) is 4.69. The Morgan fingerprint density at radius 2 is 2.29 bits per heavy atom. The van der Waals surface area contributed by atoms with Crippen molar-refractivity contribution in [2.45, 2.75) is 20.3 Å². The summed E-state index contributed by atoms with van der Waals surface area (Å²) >= 11 is 0. The first-order valence-electron chi connectivity index (χ1n) is 2.44. The summed E-state index contributed by atoms with van der Waals surface area (Å²) in [7, 11) is 0. The largest absolute Gasteiger partial charge is 0.224 e. The number of rotatable bonds is 1. The second kappa shape index (κ2) is 3.55. The molecule has 0 aromatic carbocycles. The Labute approximate surface area is 44.4 Å². The molecule has 0 aromatic rings. The Kier molecular flexibility index (Phi) is 3.22. The van der Waals surface area contributed by atoms with Crippen LogP contribution < -0.4 is 0 Å². The van der Waals surface area contributed by atoms with Gasteiger partial charge < -0.3 is 0 Å². The maximum Gasteiger partial charge on any atom is 0.172 e. The molecule has 0 fully saturated rings. The van der Waals surface area contributed by atoms with Gasteiger partial charge in [-0.15, -0.1) is 0 Å². The minimum atomic E-state index is 0.275. The van der Waals surface area contributed by atoms with E-state index >= 15 is 0 Å². The summed E-state index contributed by atoms with van der Waals surface area (Å²) in [4.78, 5) is 0. The van der Waals surface area contributed by atoms with E-state index in [1.807, 2.05) is 13.8 Å². The van der Waals surface area contributed by atoms with E-state index in [4.69, 9.17) is 0 Å². The van der Waals surface area contributed by atoms with Crippen molar-refractivity contribution >= 4 is 0 Å². The molecule has 0 rings (SSSR count). The Balaban J connectivity index is 3.29. The van der Waals surface area contributed by atoms with Crippen LogP contribution in [0.15, 0.2) is 0 Å². The average molecular weight is 97.1 g/mol. The van der Waals surface area contributed by atoms with Gasteiger partial charge in [0, 0.05) is 5.92 Å². The van der Waals surface area contributed by atoms with E-state index in [1.54, 1.807) is 6.11 Å². The summed E-state index contributed by atoms with van der Waals surface area (Å²) in [6.07, 6.45) is 2.59. The fourth-order valence-electron chi connectivity index (χ4n) is 0.203. The third-order valence-corrected chi connectivity index (χ3v) is 0.918. The first kappa shape index (κ1) is 6.36. The molecule has 0 aromatic heterocycles. The van der Waals surface area contributed by atoms with Gasteiger partial charge in [-0.3, -0.25) is 0 Å². The van der Waals surface area contributed by atoms with Crippen LogP contribution in [0.1, 0.15) is 20.3 Å². The smallest absolute Gasteiger partial charge is 0.172 e. The van der Waals surface area contributed by atoms with E-state index in [0.717, 1.165) is 6.42 Å². The average Bonchev–Trinajstić information content (AvgIpc) is 1.68. The van der Waals surface area contributed by atoms with Gasteiger partial charge in [0.15, 0.2) is 6.11 Å². The van der Waals surface area contributed by atoms with Gasteiger partial charge in [-0.1, -0.05) is 19.8 Å². The van der Waals surface area contributed by atoms with Crippen LogP contribution in [-0.4, -0.2) is 0 Å². The third-order valence-electron chi connectivity index (χ3n) is 0.918. The fraction of sp³-hybridized carbons (Fsp3) is 0.667. The van der Waals surface area contributed by atoms with Crippen LogP contribution in [0.3, 0.4) is 0 Å². The summed E-state index contributed by atoms with van der Waals surface area (Å²) in [5.41, 5.74) is 0. The molecule has 1 nitrogen and oxygen atoms in total. The maximum atomic E-state index is 9.54. The van der Waals surface area contributed by atoms with Crippen molar-refractivity contribution in [3.05, 3.63) is 0 Å².